The predicted molar refractivity (Wildman–Crippen MR) is 85.2 cm³/mol. The lowest BCUT2D eigenvalue weighted by atomic mass is 9.96. The molecule has 2 amide bonds. The van der Waals surface area contributed by atoms with E-state index in [1.54, 1.807) is 0 Å². The lowest BCUT2D eigenvalue weighted by Crippen LogP contribution is -2.39. The Morgan fingerprint density at radius 3 is 2.19 bits per heavy atom. The van der Waals surface area contributed by atoms with Crippen molar-refractivity contribution >= 4 is 23.4 Å². The summed E-state index contributed by atoms with van der Waals surface area (Å²) in [6.45, 7) is 6.46. The Hall–Kier alpha value is -1.55. The van der Waals surface area contributed by atoms with Crippen LogP contribution >= 0.6 is 11.6 Å². The Morgan fingerprint density at radius 1 is 1.05 bits per heavy atom. The average molecular weight is 311 g/mol. The van der Waals surface area contributed by atoms with Gasteiger partial charge in [-0.25, -0.2) is 0 Å². The molecule has 0 saturated heterocycles. The third kappa shape index (κ3) is 7.14. The van der Waals surface area contributed by atoms with Gasteiger partial charge in [0, 0.05) is 29.9 Å². The van der Waals surface area contributed by atoms with Gasteiger partial charge in [-0.15, -0.1) is 0 Å². The highest BCUT2D eigenvalue weighted by Gasteiger charge is 2.20. The monoisotopic (exact) mass is 310 g/mol. The third-order valence-electron chi connectivity index (χ3n) is 2.97. The largest absolute Gasteiger partial charge is 0.354 e. The zero-order chi connectivity index (χ0) is 15.9. The number of amides is 2. The molecule has 0 spiro atoms. The van der Waals surface area contributed by atoms with E-state index in [9.17, 15) is 9.59 Å². The van der Waals surface area contributed by atoms with E-state index in [-0.39, 0.29) is 11.8 Å². The van der Waals surface area contributed by atoms with Crippen LogP contribution in [0.15, 0.2) is 24.3 Å². The van der Waals surface area contributed by atoms with Crippen molar-refractivity contribution in [3.63, 3.8) is 0 Å². The number of hydrogen-bond acceptors (Lipinski definition) is 2. The molecule has 21 heavy (non-hydrogen) atoms. The number of carbonyl (C=O) groups excluding carboxylic acids is 2. The Bertz CT molecular complexity index is 478. The summed E-state index contributed by atoms with van der Waals surface area (Å²) in [5.41, 5.74) is 0.675. The first-order valence-electron chi connectivity index (χ1n) is 7.08. The van der Waals surface area contributed by atoms with Gasteiger partial charge in [-0.1, -0.05) is 44.5 Å². The summed E-state index contributed by atoms with van der Waals surface area (Å²) < 4.78 is 0. The van der Waals surface area contributed by atoms with Crippen LogP contribution in [-0.4, -0.2) is 24.9 Å². The standard InChI is InChI=1S/C16H23ClN2O2/c1-16(2,3)15(21)19-11-10-18-14(20)9-6-12-4-7-13(17)8-5-12/h4-5,7-8H,6,9-11H2,1-3H3,(H,18,20)(H,19,21). The molecule has 0 saturated carbocycles. The Labute approximate surface area is 131 Å². The molecule has 0 aromatic heterocycles. The van der Waals surface area contributed by atoms with Crippen LogP contribution in [0.5, 0.6) is 0 Å². The van der Waals surface area contributed by atoms with E-state index >= 15 is 0 Å². The zero-order valence-electron chi connectivity index (χ0n) is 12.8. The van der Waals surface area contributed by atoms with Gasteiger partial charge in [0.05, 0.1) is 0 Å². The second-order valence-corrected chi connectivity index (χ2v) is 6.42. The summed E-state index contributed by atoms with van der Waals surface area (Å²) in [6, 6.07) is 7.46. The van der Waals surface area contributed by atoms with Gasteiger partial charge in [-0.2, -0.15) is 0 Å². The van der Waals surface area contributed by atoms with Crippen LogP contribution in [-0.2, 0) is 16.0 Å². The minimum atomic E-state index is -0.404. The fourth-order valence-electron chi connectivity index (χ4n) is 1.64. The molecule has 0 aliphatic carbocycles. The van der Waals surface area contributed by atoms with Crippen LogP contribution in [0.3, 0.4) is 0 Å². The Morgan fingerprint density at radius 2 is 1.62 bits per heavy atom. The van der Waals surface area contributed by atoms with Crippen LogP contribution in [0, 0.1) is 5.41 Å². The summed E-state index contributed by atoms with van der Waals surface area (Å²) in [5, 5.41) is 6.27. The van der Waals surface area contributed by atoms with Crippen molar-refractivity contribution in [3.05, 3.63) is 34.9 Å². The lowest BCUT2D eigenvalue weighted by molar-refractivity contribution is -0.128. The highest BCUT2D eigenvalue weighted by molar-refractivity contribution is 6.30. The third-order valence-corrected chi connectivity index (χ3v) is 3.22. The van der Waals surface area contributed by atoms with E-state index in [2.05, 4.69) is 10.6 Å². The SMILES string of the molecule is CC(C)(C)C(=O)NCCNC(=O)CCc1ccc(Cl)cc1. The molecule has 1 aromatic rings. The highest BCUT2D eigenvalue weighted by Crippen LogP contribution is 2.12. The average Bonchev–Trinajstić information content (AvgIpc) is 2.41. The maximum absolute atomic E-state index is 11.7. The maximum atomic E-state index is 11.7. The number of benzene rings is 1. The molecule has 4 nitrogen and oxygen atoms in total. The van der Waals surface area contributed by atoms with Crippen molar-refractivity contribution in [3.8, 4) is 0 Å². The summed E-state index contributed by atoms with van der Waals surface area (Å²) in [4.78, 5) is 23.3. The molecule has 0 heterocycles. The first-order valence-corrected chi connectivity index (χ1v) is 7.46. The van der Waals surface area contributed by atoms with Gasteiger partial charge in [0.25, 0.3) is 0 Å². The molecule has 1 rings (SSSR count). The van der Waals surface area contributed by atoms with Crippen molar-refractivity contribution in [2.75, 3.05) is 13.1 Å². The summed E-state index contributed by atoms with van der Waals surface area (Å²) >= 11 is 5.80. The summed E-state index contributed by atoms with van der Waals surface area (Å²) in [7, 11) is 0. The van der Waals surface area contributed by atoms with Crippen molar-refractivity contribution in [2.24, 2.45) is 5.41 Å². The van der Waals surface area contributed by atoms with Gasteiger partial charge in [-0.05, 0) is 24.1 Å². The molecule has 0 atom stereocenters. The van der Waals surface area contributed by atoms with E-state index in [4.69, 9.17) is 11.6 Å². The quantitative estimate of drug-likeness (QED) is 0.793. The number of hydrogen-bond donors (Lipinski definition) is 2. The number of nitrogens with one attached hydrogen (secondary N) is 2. The lowest BCUT2D eigenvalue weighted by Gasteiger charge is -2.17. The second-order valence-electron chi connectivity index (χ2n) is 5.98. The van der Waals surface area contributed by atoms with Crippen LogP contribution in [0.1, 0.15) is 32.8 Å². The molecule has 5 heteroatoms. The first kappa shape index (κ1) is 17.5. The minimum absolute atomic E-state index is 0.0158. The zero-order valence-corrected chi connectivity index (χ0v) is 13.6. The van der Waals surface area contributed by atoms with Crippen molar-refractivity contribution in [1.29, 1.82) is 0 Å². The van der Waals surface area contributed by atoms with E-state index in [1.165, 1.54) is 0 Å². The molecular weight excluding hydrogens is 288 g/mol. The van der Waals surface area contributed by atoms with Gasteiger partial charge < -0.3 is 10.6 Å². The molecule has 0 aliphatic rings. The van der Waals surface area contributed by atoms with E-state index in [0.29, 0.717) is 31.0 Å². The minimum Gasteiger partial charge on any atom is -0.354 e. The molecule has 0 fully saturated rings. The van der Waals surface area contributed by atoms with Gasteiger partial charge in [0.2, 0.25) is 11.8 Å². The Kier molecular flexibility index (Phi) is 6.69. The molecule has 0 bridgehead atoms. The fourth-order valence-corrected chi connectivity index (χ4v) is 1.77. The van der Waals surface area contributed by atoms with Crippen molar-refractivity contribution < 1.29 is 9.59 Å². The number of rotatable bonds is 6. The molecule has 116 valence electrons. The highest BCUT2D eigenvalue weighted by atomic mass is 35.5. The number of aryl methyl sites for hydroxylation is 1. The van der Waals surface area contributed by atoms with Gasteiger partial charge in [0.15, 0.2) is 0 Å². The fraction of sp³-hybridized carbons (Fsp3) is 0.500. The van der Waals surface area contributed by atoms with E-state index in [1.807, 2.05) is 45.0 Å². The van der Waals surface area contributed by atoms with Crippen molar-refractivity contribution in [1.82, 2.24) is 10.6 Å². The van der Waals surface area contributed by atoms with Gasteiger partial charge >= 0.3 is 0 Å². The first-order chi connectivity index (χ1) is 9.79. The molecule has 0 unspecified atom stereocenters. The number of halogens is 1. The maximum Gasteiger partial charge on any atom is 0.225 e. The van der Waals surface area contributed by atoms with Crippen LogP contribution in [0.4, 0.5) is 0 Å². The van der Waals surface area contributed by atoms with E-state index < -0.39 is 5.41 Å². The summed E-state index contributed by atoms with van der Waals surface area (Å²) in [5.74, 6) is -0.0344. The van der Waals surface area contributed by atoms with Gasteiger partial charge in [0.1, 0.15) is 0 Å². The second kappa shape index (κ2) is 8.03. The summed E-state index contributed by atoms with van der Waals surface area (Å²) in [6.07, 6.45) is 1.10. The van der Waals surface area contributed by atoms with Crippen LogP contribution in [0.25, 0.3) is 0 Å². The molecule has 1 aromatic carbocycles. The van der Waals surface area contributed by atoms with Crippen LogP contribution < -0.4 is 10.6 Å². The Balaban J connectivity index is 2.17. The predicted octanol–water partition coefficient (Wildman–Crippen LogP) is 2.55. The molecule has 0 radical (unpaired) electrons. The molecule has 0 aliphatic heterocycles. The molecule has 2 N–H and O–H groups in total. The van der Waals surface area contributed by atoms with Crippen LogP contribution in [0.2, 0.25) is 5.02 Å². The number of carbonyl (C=O) groups is 2. The normalized spacial score (nSPS) is 11.0. The smallest absolute Gasteiger partial charge is 0.225 e. The van der Waals surface area contributed by atoms with Gasteiger partial charge in [-0.3, -0.25) is 9.59 Å². The van der Waals surface area contributed by atoms with E-state index in [0.717, 1.165) is 5.56 Å². The molecular formula is C16H23ClN2O2. The topological polar surface area (TPSA) is 58.2 Å². The van der Waals surface area contributed by atoms with Crippen molar-refractivity contribution in [2.45, 2.75) is 33.6 Å².